The zero-order valence-electron chi connectivity index (χ0n) is 9.97. The zero-order valence-corrected chi connectivity index (χ0v) is 11.6. The molecule has 0 aliphatic heterocycles. The van der Waals surface area contributed by atoms with Crippen LogP contribution in [0.15, 0.2) is 35.2 Å². The number of nitrogens with one attached hydrogen (secondary N) is 1. The number of nitrogens with zero attached hydrogens (tertiary/aromatic N) is 3. The average molecular weight is 308 g/mol. The number of rotatable bonds is 4. The van der Waals surface area contributed by atoms with E-state index in [1.165, 1.54) is 0 Å². The van der Waals surface area contributed by atoms with Crippen molar-refractivity contribution in [2.75, 3.05) is 0 Å². The summed E-state index contributed by atoms with van der Waals surface area (Å²) in [4.78, 5) is 12.9. The summed E-state index contributed by atoms with van der Waals surface area (Å²) in [5, 5.41) is 0. The molecule has 0 amide bonds. The number of halogens is 1. The second kappa shape index (κ2) is 5.99. The molecule has 0 aliphatic carbocycles. The largest absolute Gasteiger partial charge is 0.271 e. The fraction of sp³-hybridized carbons (Fsp3) is 0.250. The summed E-state index contributed by atoms with van der Waals surface area (Å²) in [6.07, 6.45) is 5.97. The van der Waals surface area contributed by atoms with Crippen molar-refractivity contribution in [2.24, 2.45) is 5.84 Å². The SMILES string of the molecule is Cc1cnc(C(Cc2ccc(Br)cn2)NN)nc1. The molecule has 1 atom stereocenters. The summed E-state index contributed by atoms with van der Waals surface area (Å²) in [5.41, 5.74) is 4.68. The van der Waals surface area contributed by atoms with Crippen molar-refractivity contribution >= 4 is 15.9 Å². The van der Waals surface area contributed by atoms with Crippen LogP contribution in [0.5, 0.6) is 0 Å². The lowest BCUT2D eigenvalue weighted by Gasteiger charge is -2.13. The Bertz CT molecular complexity index is 497. The number of hydrogen-bond donors (Lipinski definition) is 2. The molecule has 0 fully saturated rings. The van der Waals surface area contributed by atoms with Crippen molar-refractivity contribution < 1.29 is 0 Å². The lowest BCUT2D eigenvalue weighted by molar-refractivity contribution is 0.517. The topological polar surface area (TPSA) is 76.7 Å². The first-order valence-corrected chi connectivity index (χ1v) is 6.33. The summed E-state index contributed by atoms with van der Waals surface area (Å²) in [6, 6.07) is 3.76. The van der Waals surface area contributed by atoms with E-state index in [9.17, 15) is 0 Å². The number of hydrogen-bond acceptors (Lipinski definition) is 5. The fourth-order valence-corrected chi connectivity index (χ4v) is 1.78. The molecule has 2 aromatic rings. The normalized spacial score (nSPS) is 12.4. The van der Waals surface area contributed by atoms with Gasteiger partial charge in [-0.1, -0.05) is 0 Å². The van der Waals surface area contributed by atoms with Crippen molar-refractivity contribution in [3.63, 3.8) is 0 Å². The smallest absolute Gasteiger partial charge is 0.146 e. The van der Waals surface area contributed by atoms with Crippen molar-refractivity contribution in [2.45, 2.75) is 19.4 Å². The maximum absolute atomic E-state index is 5.55. The molecule has 18 heavy (non-hydrogen) atoms. The number of aryl methyl sites for hydroxylation is 1. The Morgan fingerprint density at radius 2 is 1.94 bits per heavy atom. The second-order valence-corrected chi connectivity index (χ2v) is 4.93. The van der Waals surface area contributed by atoms with Crippen LogP contribution in [0.3, 0.4) is 0 Å². The maximum atomic E-state index is 5.55. The quantitative estimate of drug-likeness (QED) is 0.664. The first kappa shape index (κ1) is 13.1. The molecule has 5 nitrogen and oxygen atoms in total. The van der Waals surface area contributed by atoms with E-state index >= 15 is 0 Å². The van der Waals surface area contributed by atoms with Gasteiger partial charge in [0.05, 0.1) is 6.04 Å². The molecule has 0 aliphatic rings. The summed E-state index contributed by atoms with van der Waals surface area (Å²) < 4.78 is 0.954. The Hall–Kier alpha value is -1.37. The Kier molecular flexibility index (Phi) is 4.35. The van der Waals surface area contributed by atoms with E-state index in [2.05, 4.69) is 36.3 Å². The highest BCUT2D eigenvalue weighted by atomic mass is 79.9. The van der Waals surface area contributed by atoms with Crippen LogP contribution in [-0.2, 0) is 6.42 Å². The molecule has 3 N–H and O–H groups in total. The van der Waals surface area contributed by atoms with E-state index in [0.29, 0.717) is 12.2 Å². The third-order valence-electron chi connectivity index (χ3n) is 2.52. The van der Waals surface area contributed by atoms with Crippen LogP contribution in [0, 0.1) is 6.92 Å². The van der Waals surface area contributed by atoms with E-state index in [1.807, 2.05) is 19.1 Å². The van der Waals surface area contributed by atoms with E-state index in [0.717, 1.165) is 15.7 Å². The van der Waals surface area contributed by atoms with E-state index in [4.69, 9.17) is 5.84 Å². The highest BCUT2D eigenvalue weighted by Crippen LogP contribution is 2.14. The minimum absolute atomic E-state index is 0.140. The van der Waals surface area contributed by atoms with Crippen LogP contribution >= 0.6 is 15.9 Å². The summed E-state index contributed by atoms with van der Waals surface area (Å²) in [6.45, 7) is 1.95. The molecular formula is C12H14BrN5. The highest BCUT2D eigenvalue weighted by molar-refractivity contribution is 9.10. The predicted octanol–water partition coefficient (Wildman–Crippen LogP) is 1.69. The fourth-order valence-electron chi connectivity index (χ4n) is 1.54. The maximum Gasteiger partial charge on any atom is 0.146 e. The standard InChI is InChI=1S/C12H14BrN5/c1-8-5-16-12(17-6-8)11(18-14)4-10-3-2-9(13)7-15-10/h2-3,5-7,11,18H,4,14H2,1H3. The van der Waals surface area contributed by atoms with Gasteiger partial charge in [-0.3, -0.25) is 10.8 Å². The molecule has 2 heterocycles. The minimum Gasteiger partial charge on any atom is -0.271 e. The summed E-state index contributed by atoms with van der Waals surface area (Å²) >= 11 is 3.35. The van der Waals surface area contributed by atoms with Gasteiger partial charge in [0.1, 0.15) is 5.82 Å². The number of nitrogens with two attached hydrogens (primary N) is 1. The molecule has 2 aromatic heterocycles. The Morgan fingerprint density at radius 1 is 1.22 bits per heavy atom. The van der Waals surface area contributed by atoms with Gasteiger partial charge in [-0.15, -0.1) is 0 Å². The molecule has 0 radical (unpaired) electrons. The number of pyridine rings is 1. The molecule has 0 aromatic carbocycles. The molecule has 1 unspecified atom stereocenters. The van der Waals surface area contributed by atoms with Gasteiger partial charge in [-0.2, -0.15) is 0 Å². The van der Waals surface area contributed by atoms with Crippen LogP contribution in [0.25, 0.3) is 0 Å². The highest BCUT2D eigenvalue weighted by Gasteiger charge is 2.13. The van der Waals surface area contributed by atoms with E-state index in [-0.39, 0.29) is 6.04 Å². The van der Waals surface area contributed by atoms with Gasteiger partial charge < -0.3 is 0 Å². The number of hydrazine groups is 1. The summed E-state index contributed by atoms with van der Waals surface area (Å²) in [5.74, 6) is 6.23. The molecule has 0 saturated heterocycles. The molecule has 6 heteroatoms. The van der Waals surface area contributed by atoms with Gasteiger partial charge in [-0.05, 0) is 40.5 Å². The van der Waals surface area contributed by atoms with Crippen molar-refractivity contribution in [3.05, 3.63) is 52.3 Å². The number of aromatic nitrogens is 3. The third kappa shape index (κ3) is 3.32. The Labute approximate surface area is 114 Å². The van der Waals surface area contributed by atoms with Gasteiger partial charge in [0, 0.05) is 35.2 Å². The second-order valence-electron chi connectivity index (χ2n) is 4.01. The monoisotopic (exact) mass is 307 g/mol. The van der Waals surface area contributed by atoms with Gasteiger partial charge >= 0.3 is 0 Å². The molecule has 0 spiro atoms. The van der Waals surface area contributed by atoms with Gasteiger partial charge in [-0.25, -0.2) is 15.4 Å². The molecule has 0 bridgehead atoms. The third-order valence-corrected chi connectivity index (χ3v) is 2.98. The average Bonchev–Trinajstić information content (AvgIpc) is 2.39. The lowest BCUT2D eigenvalue weighted by atomic mass is 10.1. The van der Waals surface area contributed by atoms with E-state index < -0.39 is 0 Å². The lowest BCUT2D eigenvalue weighted by Crippen LogP contribution is -2.31. The molecule has 0 saturated carbocycles. The Morgan fingerprint density at radius 3 is 2.50 bits per heavy atom. The summed E-state index contributed by atoms with van der Waals surface area (Å²) in [7, 11) is 0. The molecule has 2 rings (SSSR count). The van der Waals surface area contributed by atoms with Crippen molar-refractivity contribution in [1.82, 2.24) is 20.4 Å². The predicted molar refractivity (Wildman–Crippen MR) is 72.5 cm³/mol. The van der Waals surface area contributed by atoms with Crippen molar-refractivity contribution in [1.29, 1.82) is 0 Å². The van der Waals surface area contributed by atoms with Crippen LogP contribution in [-0.4, -0.2) is 15.0 Å². The van der Waals surface area contributed by atoms with Crippen LogP contribution in [0.2, 0.25) is 0 Å². The van der Waals surface area contributed by atoms with Gasteiger partial charge in [0.15, 0.2) is 0 Å². The van der Waals surface area contributed by atoms with Crippen molar-refractivity contribution in [3.8, 4) is 0 Å². The zero-order chi connectivity index (χ0) is 13.0. The van der Waals surface area contributed by atoms with Crippen LogP contribution in [0.1, 0.15) is 23.1 Å². The molecule has 94 valence electrons. The Balaban J connectivity index is 2.14. The van der Waals surface area contributed by atoms with Crippen LogP contribution < -0.4 is 11.3 Å². The minimum atomic E-state index is -0.140. The van der Waals surface area contributed by atoms with Crippen LogP contribution in [0.4, 0.5) is 0 Å². The first-order valence-electron chi connectivity index (χ1n) is 5.54. The van der Waals surface area contributed by atoms with E-state index in [1.54, 1.807) is 18.6 Å². The van der Waals surface area contributed by atoms with Gasteiger partial charge in [0.25, 0.3) is 0 Å². The first-order chi connectivity index (χ1) is 8.69. The van der Waals surface area contributed by atoms with Gasteiger partial charge in [0.2, 0.25) is 0 Å². The molecular weight excluding hydrogens is 294 g/mol.